The lowest BCUT2D eigenvalue weighted by Crippen LogP contribution is -2.21. The van der Waals surface area contributed by atoms with E-state index in [1.165, 1.54) is 11.6 Å². The van der Waals surface area contributed by atoms with Crippen LogP contribution >= 0.6 is 15.9 Å². The minimum absolute atomic E-state index is 0.221. The molecule has 0 radical (unpaired) electrons. The summed E-state index contributed by atoms with van der Waals surface area (Å²) in [6.45, 7) is 8.25. The minimum atomic E-state index is -0.221. The Morgan fingerprint density at radius 3 is 2.76 bits per heavy atom. The Hall–Kier alpha value is -0.670. The summed E-state index contributed by atoms with van der Waals surface area (Å²) in [4.78, 5) is 0. The topological polar surface area (TPSA) is 12.0 Å². The summed E-state index contributed by atoms with van der Waals surface area (Å²) in [5, 5.41) is 3.36. The van der Waals surface area contributed by atoms with Crippen molar-refractivity contribution < 1.29 is 4.39 Å². The minimum Gasteiger partial charge on any atom is -0.313 e. The lowest BCUT2D eigenvalue weighted by atomic mass is 10.1. The van der Waals surface area contributed by atoms with Gasteiger partial charge in [-0.3, -0.25) is 0 Å². The van der Waals surface area contributed by atoms with E-state index in [9.17, 15) is 4.39 Å². The van der Waals surface area contributed by atoms with E-state index >= 15 is 0 Å². The van der Waals surface area contributed by atoms with E-state index in [0.29, 0.717) is 10.4 Å². The molecule has 17 heavy (non-hydrogen) atoms. The molecule has 0 aromatic heterocycles. The highest BCUT2D eigenvalue weighted by Crippen LogP contribution is 2.17. The second-order valence-corrected chi connectivity index (χ2v) is 5.54. The smallest absolute Gasteiger partial charge is 0.137 e. The zero-order valence-corrected chi connectivity index (χ0v) is 12.1. The highest BCUT2D eigenvalue weighted by molar-refractivity contribution is 9.10. The highest BCUT2D eigenvalue weighted by Gasteiger charge is 1.99. The van der Waals surface area contributed by atoms with E-state index in [-0.39, 0.29) is 5.82 Å². The number of rotatable bonds is 5. The third-order valence-electron chi connectivity index (χ3n) is 2.31. The van der Waals surface area contributed by atoms with Crippen LogP contribution in [-0.4, -0.2) is 13.1 Å². The Bertz CT molecular complexity index is 399. The van der Waals surface area contributed by atoms with Gasteiger partial charge in [0.25, 0.3) is 0 Å². The van der Waals surface area contributed by atoms with Crippen molar-refractivity contribution in [3.63, 3.8) is 0 Å². The fraction of sp³-hybridized carbons (Fsp3) is 0.429. The third-order valence-corrected chi connectivity index (χ3v) is 2.96. The largest absolute Gasteiger partial charge is 0.313 e. The molecule has 0 bridgehead atoms. The maximum absolute atomic E-state index is 13.3. The van der Waals surface area contributed by atoms with Crippen molar-refractivity contribution in [1.82, 2.24) is 5.32 Å². The van der Waals surface area contributed by atoms with Crippen LogP contribution in [0.25, 0.3) is 6.08 Å². The van der Waals surface area contributed by atoms with Crippen molar-refractivity contribution in [2.75, 3.05) is 13.1 Å². The molecule has 0 saturated heterocycles. The molecule has 0 aliphatic heterocycles. The quantitative estimate of drug-likeness (QED) is 0.857. The van der Waals surface area contributed by atoms with Crippen molar-refractivity contribution in [3.8, 4) is 0 Å². The average molecular weight is 300 g/mol. The van der Waals surface area contributed by atoms with Gasteiger partial charge in [0.05, 0.1) is 4.47 Å². The van der Waals surface area contributed by atoms with E-state index in [0.717, 1.165) is 18.7 Å². The van der Waals surface area contributed by atoms with E-state index in [1.54, 1.807) is 6.07 Å². The lowest BCUT2D eigenvalue weighted by molar-refractivity contribution is 0.572. The van der Waals surface area contributed by atoms with E-state index in [1.807, 2.05) is 19.1 Å². The van der Waals surface area contributed by atoms with Gasteiger partial charge in [0.1, 0.15) is 5.82 Å². The number of hydrogen-bond acceptors (Lipinski definition) is 1. The molecule has 1 aromatic carbocycles. The predicted octanol–water partition coefficient (Wildman–Crippen LogP) is 4.24. The van der Waals surface area contributed by atoms with Gasteiger partial charge in [-0.15, -0.1) is 0 Å². The molecule has 1 rings (SSSR count). The normalized spacial score (nSPS) is 12.2. The summed E-state index contributed by atoms with van der Waals surface area (Å²) in [6.07, 6.45) is 2.00. The lowest BCUT2D eigenvalue weighted by Gasteiger charge is -2.07. The molecule has 0 heterocycles. The van der Waals surface area contributed by atoms with Crippen molar-refractivity contribution in [2.24, 2.45) is 5.92 Å². The van der Waals surface area contributed by atoms with Crippen LogP contribution in [0.1, 0.15) is 26.3 Å². The summed E-state index contributed by atoms with van der Waals surface area (Å²) in [6, 6.07) is 5.17. The Kier molecular flexibility index (Phi) is 5.86. The predicted molar refractivity (Wildman–Crippen MR) is 75.5 cm³/mol. The van der Waals surface area contributed by atoms with Gasteiger partial charge in [-0.2, -0.15) is 0 Å². The van der Waals surface area contributed by atoms with Crippen LogP contribution in [0.2, 0.25) is 0 Å². The number of nitrogens with one attached hydrogen (secondary N) is 1. The summed E-state index contributed by atoms with van der Waals surface area (Å²) in [5.41, 5.74) is 2.10. The number of halogens is 2. The van der Waals surface area contributed by atoms with Gasteiger partial charge >= 0.3 is 0 Å². The molecule has 0 fully saturated rings. The van der Waals surface area contributed by atoms with Crippen LogP contribution in [0.15, 0.2) is 28.2 Å². The summed E-state index contributed by atoms with van der Waals surface area (Å²) >= 11 is 3.15. The third kappa shape index (κ3) is 5.46. The first-order valence-electron chi connectivity index (χ1n) is 5.82. The monoisotopic (exact) mass is 299 g/mol. The average Bonchev–Trinajstić information content (AvgIpc) is 2.23. The Morgan fingerprint density at radius 2 is 2.18 bits per heavy atom. The van der Waals surface area contributed by atoms with Crippen LogP contribution in [0.5, 0.6) is 0 Å². The van der Waals surface area contributed by atoms with Crippen LogP contribution in [0.3, 0.4) is 0 Å². The second kappa shape index (κ2) is 6.92. The first-order chi connectivity index (χ1) is 7.99. The van der Waals surface area contributed by atoms with Gasteiger partial charge in [-0.1, -0.05) is 31.6 Å². The van der Waals surface area contributed by atoms with E-state index in [2.05, 4.69) is 35.1 Å². The fourth-order valence-electron chi connectivity index (χ4n) is 1.50. The molecule has 1 N–H and O–H groups in total. The Labute approximate surface area is 111 Å². The molecule has 0 amide bonds. The molecule has 3 heteroatoms. The van der Waals surface area contributed by atoms with Crippen molar-refractivity contribution >= 4 is 22.0 Å². The zero-order chi connectivity index (χ0) is 12.8. The highest BCUT2D eigenvalue weighted by atomic mass is 79.9. The summed E-state index contributed by atoms with van der Waals surface area (Å²) in [7, 11) is 0. The standard InChI is InChI=1S/C14H19BrFN/c1-10(2)8-17-9-11(3)6-12-4-5-13(15)14(16)7-12/h4-7,10,17H,8-9H2,1-3H3/b11-6+. The molecule has 94 valence electrons. The van der Waals surface area contributed by atoms with E-state index in [4.69, 9.17) is 0 Å². The number of benzene rings is 1. The summed E-state index contributed by atoms with van der Waals surface area (Å²) < 4.78 is 13.8. The molecule has 1 aromatic rings. The second-order valence-electron chi connectivity index (χ2n) is 4.69. The van der Waals surface area contributed by atoms with Crippen molar-refractivity contribution in [3.05, 3.63) is 39.6 Å². The zero-order valence-electron chi connectivity index (χ0n) is 10.6. The van der Waals surface area contributed by atoms with Crippen LogP contribution in [0.4, 0.5) is 4.39 Å². The van der Waals surface area contributed by atoms with Gasteiger partial charge < -0.3 is 5.32 Å². The van der Waals surface area contributed by atoms with Crippen molar-refractivity contribution in [2.45, 2.75) is 20.8 Å². The molecular formula is C14H19BrFN. The first-order valence-corrected chi connectivity index (χ1v) is 6.61. The van der Waals surface area contributed by atoms with Crippen LogP contribution in [0, 0.1) is 11.7 Å². The SMILES string of the molecule is C/C(=C\c1ccc(Br)c(F)c1)CNCC(C)C. The molecule has 1 nitrogen and oxygen atoms in total. The van der Waals surface area contributed by atoms with Gasteiger partial charge in [0.15, 0.2) is 0 Å². The van der Waals surface area contributed by atoms with Gasteiger partial charge in [-0.25, -0.2) is 4.39 Å². The maximum Gasteiger partial charge on any atom is 0.137 e. The fourth-order valence-corrected chi connectivity index (χ4v) is 1.74. The van der Waals surface area contributed by atoms with Crippen LogP contribution < -0.4 is 5.32 Å². The molecular weight excluding hydrogens is 281 g/mol. The first kappa shape index (κ1) is 14.4. The van der Waals surface area contributed by atoms with Crippen molar-refractivity contribution in [1.29, 1.82) is 0 Å². The van der Waals surface area contributed by atoms with Gasteiger partial charge in [0.2, 0.25) is 0 Å². The van der Waals surface area contributed by atoms with Gasteiger partial charge in [0, 0.05) is 6.54 Å². The molecule has 0 atom stereocenters. The van der Waals surface area contributed by atoms with E-state index < -0.39 is 0 Å². The van der Waals surface area contributed by atoms with Crippen LogP contribution in [-0.2, 0) is 0 Å². The Balaban J connectivity index is 2.58. The Morgan fingerprint density at radius 1 is 1.47 bits per heavy atom. The molecule has 0 aliphatic carbocycles. The molecule has 0 unspecified atom stereocenters. The maximum atomic E-state index is 13.3. The number of hydrogen-bond donors (Lipinski definition) is 1. The molecule has 0 spiro atoms. The molecule has 0 aliphatic rings. The van der Waals surface area contributed by atoms with Gasteiger partial charge in [-0.05, 0) is 53.0 Å². The molecule has 0 saturated carbocycles. The summed E-state index contributed by atoms with van der Waals surface area (Å²) in [5.74, 6) is 0.426.